The lowest BCUT2D eigenvalue weighted by atomic mass is 10.0. The Morgan fingerprint density at radius 3 is 2.63 bits per heavy atom. The first-order valence-electron chi connectivity index (χ1n) is 9.34. The molecule has 7 heteroatoms. The maximum Gasteiger partial charge on any atom is 0.287 e. The molecule has 0 bridgehead atoms. The Bertz CT molecular complexity index is 1180. The molecule has 152 valence electrons. The van der Waals surface area contributed by atoms with Crippen molar-refractivity contribution in [2.75, 3.05) is 7.11 Å². The van der Waals surface area contributed by atoms with Crippen LogP contribution in [0.15, 0.2) is 77.5 Å². The highest BCUT2D eigenvalue weighted by Gasteiger charge is 2.25. The Morgan fingerprint density at radius 1 is 1.13 bits per heavy atom. The predicted octanol–water partition coefficient (Wildman–Crippen LogP) is 4.86. The lowest BCUT2D eigenvalue weighted by molar-refractivity contribution is 0.0913. The van der Waals surface area contributed by atoms with E-state index in [4.69, 9.17) is 20.8 Å². The van der Waals surface area contributed by atoms with E-state index >= 15 is 0 Å². The Kier molecular flexibility index (Phi) is 5.59. The molecular formula is C23H20ClN3O3. The van der Waals surface area contributed by atoms with E-state index < -0.39 is 6.04 Å². The average Bonchev–Trinajstić information content (AvgIpc) is 3.42. The molecule has 4 aromatic rings. The SMILES string of the molecule is COc1ccccc1C(NC(=O)c1ccc(-c2ccccc2Cl)o1)c1nccn1C. The fourth-order valence-corrected chi connectivity index (χ4v) is 3.54. The van der Waals surface area contributed by atoms with Crippen molar-refractivity contribution in [3.05, 3.63) is 95.2 Å². The summed E-state index contributed by atoms with van der Waals surface area (Å²) in [4.78, 5) is 17.5. The average molecular weight is 422 g/mol. The quantitative estimate of drug-likeness (QED) is 0.482. The second-order valence-corrected chi connectivity index (χ2v) is 7.10. The third kappa shape index (κ3) is 3.82. The van der Waals surface area contributed by atoms with Gasteiger partial charge in [0.05, 0.1) is 12.1 Å². The van der Waals surface area contributed by atoms with Crippen LogP contribution in [0.25, 0.3) is 11.3 Å². The highest BCUT2D eigenvalue weighted by molar-refractivity contribution is 6.33. The zero-order valence-corrected chi connectivity index (χ0v) is 17.3. The second-order valence-electron chi connectivity index (χ2n) is 6.69. The van der Waals surface area contributed by atoms with Gasteiger partial charge in [0.1, 0.15) is 23.4 Å². The number of carbonyl (C=O) groups excluding carboxylic acids is 1. The summed E-state index contributed by atoms with van der Waals surface area (Å²) in [6, 6.07) is 17.7. The van der Waals surface area contributed by atoms with Gasteiger partial charge >= 0.3 is 0 Å². The number of rotatable bonds is 6. The molecule has 6 nitrogen and oxygen atoms in total. The summed E-state index contributed by atoms with van der Waals surface area (Å²) >= 11 is 6.24. The predicted molar refractivity (Wildman–Crippen MR) is 115 cm³/mol. The molecule has 0 saturated heterocycles. The number of carbonyl (C=O) groups is 1. The molecule has 1 amide bonds. The van der Waals surface area contributed by atoms with Crippen molar-refractivity contribution in [3.63, 3.8) is 0 Å². The third-order valence-corrected chi connectivity index (χ3v) is 5.14. The summed E-state index contributed by atoms with van der Waals surface area (Å²) in [7, 11) is 3.47. The molecule has 0 aliphatic heterocycles. The molecule has 1 atom stereocenters. The minimum Gasteiger partial charge on any atom is -0.496 e. The van der Waals surface area contributed by atoms with Gasteiger partial charge in [-0.2, -0.15) is 0 Å². The number of halogens is 1. The molecule has 2 aromatic carbocycles. The zero-order valence-electron chi connectivity index (χ0n) is 16.5. The van der Waals surface area contributed by atoms with Crippen LogP contribution in [0.1, 0.15) is 28.0 Å². The topological polar surface area (TPSA) is 69.3 Å². The van der Waals surface area contributed by atoms with E-state index in [2.05, 4.69) is 10.3 Å². The van der Waals surface area contributed by atoms with E-state index in [0.29, 0.717) is 22.4 Å². The Morgan fingerprint density at radius 2 is 1.90 bits per heavy atom. The highest BCUT2D eigenvalue weighted by Crippen LogP contribution is 2.31. The highest BCUT2D eigenvalue weighted by atomic mass is 35.5. The van der Waals surface area contributed by atoms with Gasteiger partial charge in [-0.05, 0) is 30.3 Å². The van der Waals surface area contributed by atoms with Crippen molar-refractivity contribution >= 4 is 17.5 Å². The zero-order chi connectivity index (χ0) is 21.1. The minimum atomic E-state index is -0.525. The summed E-state index contributed by atoms with van der Waals surface area (Å²) in [6.07, 6.45) is 3.51. The standard InChI is InChI=1S/C23H20ClN3O3/c1-27-14-13-25-22(27)21(16-8-4-6-10-18(16)29-2)26-23(28)20-12-11-19(30-20)15-7-3-5-9-17(15)24/h3-14,21H,1-2H3,(H,26,28). The fourth-order valence-electron chi connectivity index (χ4n) is 3.31. The Balaban J connectivity index is 1.67. The van der Waals surface area contributed by atoms with Crippen molar-refractivity contribution in [3.8, 4) is 17.1 Å². The van der Waals surface area contributed by atoms with E-state index in [0.717, 1.165) is 11.1 Å². The van der Waals surface area contributed by atoms with Crippen molar-refractivity contribution in [2.24, 2.45) is 7.05 Å². The molecule has 1 N–H and O–H groups in total. The number of nitrogens with zero attached hydrogens (tertiary/aromatic N) is 2. The molecule has 0 aliphatic carbocycles. The van der Waals surface area contributed by atoms with Crippen LogP contribution < -0.4 is 10.1 Å². The van der Waals surface area contributed by atoms with Gasteiger partial charge in [-0.25, -0.2) is 4.98 Å². The lowest BCUT2D eigenvalue weighted by Crippen LogP contribution is -2.31. The van der Waals surface area contributed by atoms with E-state index in [1.807, 2.05) is 60.3 Å². The van der Waals surface area contributed by atoms with Gasteiger partial charge in [0.15, 0.2) is 5.76 Å². The van der Waals surface area contributed by atoms with Crippen molar-refractivity contribution < 1.29 is 13.9 Å². The monoisotopic (exact) mass is 421 g/mol. The molecular weight excluding hydrogens is 402 g/mol. The van der Waals surface area contributed by atoms with Gasteiger partial charge in [-0.3, -0.25) is 4.79 Å². The smallest absolute Gasteiger partial charge is 0.287 e. The molecule has 4 rings (SSSR count). The van der Waals surface area contributed by atoms with Crippen LogP contribution in [-0.4, -0.2) is 22.6 Å². The number of benzene rings is 2. The summed E-state index contributed by atoms with van der Waals surface area (Å²) in [5, 5.41) is 3.57. The summed E-state index contributed by atoms with van der Waals surface area (Å²) in [6.45, 7) is 0. The Hall–Kier alpha value is -3.51. The molecule has 2 heterocycles. The molecule has 0 fully saturated rings. The third-order valence-electron chi connectivity index (χ3n) is 4.81. The number of hydrogen-bond acceptors (Lipinski definition) is 4. The normalized spacial score (nSPS) is 11.8. The number of furan rings is 1. The van der Waals surface area contributed by atoms with Crippen LogP contribution >= 0.6 is 11.6 Å². The number of para-hydroxylation sites is 1. The number of amides is 1. The largest absolute Gasteiger partial charge is 0.496 e. The van der Waals surface area contributed by atoms with Crippen LogP contribution in [-0.2, 0) is 7.05 Å². The summed E-state index contributed by atoms with van der Waals surface area (Å²) in [5.74, 6) is 1.66. The number of aryl methyl sites for hydroxylation is 1. The van der Waals surface area contributed by atoms with Crippen LogP contribution in [0, 0.1) is 0 Å². The van der Waals surface area contributed by atoms with Crippen LogP contribution in [0.3, 0.4) is 0 Å². The van der Waals surface area contributed by atoms with E-state index in [1.54, 1.807) is 31.5 Å². The number of aromatic nitrogens is 2. The van der Waals surface area contributed by atoms with Gasteiger partial charge in [0.2, 0.25) is 0 Å². The maximum atomic E-state index is 13.0. The number of imidazole rings is 1. The first-order chi connectivity index (χ1) is 14.6. The molecule has 30 heavy (non-hydrogen) atoms. The first kappa shape index (κ1) is 19.8. The van der Waals surface area contributed by atoms with Gasteiger partial charge in [-0.15, -0.1) is 0 Å². The second kappa shape index (κ2) is 8.47. The first-order valence-corrected chi connectivity index (χ1v) is 9.72. The van der Waals surface area contributed by atoms with E-state index in [1.165, 1.54) is 0 Å². The van der Waals surface area contributed by atoms with Gasteiger partial charge < -0.3 is 19.0 Å². The lowest BCUT2D eigenvalue weighted by Gasteiger charge is -2.20. The molecule has 0 spiro atoms. The Labute approximate surface area is 179 Å². The van der Waals surface area contributed by atoms with E-state index in [-0.39, 0.29) is 11.7 Å². The number of hydrogen-bond donors (Lipinski definition) is 1. The fraction of sp³-hybridized carbons (Fsp3) is 0.130. The van der Waals surface area contributed by atoms with Crippen LogP contribution in [0.5, 0.6) is 5.75 Å². The number of nitrogens with one attached hydrogen (secondary N) is 1. The summed E-state index contributed by atoms with van der Waals surface area (Å²) < 4.78 is 13.2. The molecule has 0 aliphatic rings. The van der Waals surface area contributed by atoms with Crippen LogP contribution in [0.4, 0.5) is 0 Å². The van der Waals surface area contributed by atoms with Crippen molar-refractivity contribution in [1.29, 1.82) is 0 Å². The number of ether oxygens (including phenoxy) is 1. The number of methoxy groups -OCH3 is 1. The van der Waals surface area contributed by atoms with Crippen molar-refractivity contribution in [2.45, 2.75) is 6.04 Å². The maximum absolute atomic E-state index is 13.0. The molecule has 2 aromatic heterocycles. The summed E-state index contributed by atoms with van der Waals surface area (Å²) in [5.41, 5.74) is 1.52. The minimum absolute atomic E-state index is 0.180. The molecule has 1 unspecified atom stereocenters. The van der Waals surface area contributed by atoms with Crippen LogP contribution in [0.2, 0.25) is 5.02 Å². The van der Waals surface area contributed by atoms with Gasteiger partial charge in [0, 0.05) is 30.6 Å². The van der Waals surface area contributed by atoms with Crippen molar-refractivity contribution in [1.82, 2.24) is 14.9 Å². The van der Waals surface area contributed by atoms with E-state index in [9.17, 15) is 4.79 Å². The molecule has 0 saturated carbocycles. The molecule has 0 radical (unpaired) electrons. The van der Waals surface area contributed by atoms with Gasteiger partial charge in [0.25, 0.3) is 5.91 Å². The van der Waals surface area contributed by atoms with Gasteiger partial charge in [-0.1, -0.05) is 41.9 Å².